The number of benzene rings is 2. The molecule has 2 aromatic carbocycles. The molecule has 0 amide bonds. The fourth-order valence-corrected chi connectivity index (χ4v) is 2.71. The number of aryl methyl sites for hydroxylation is 1. The minimum absolute atomic E-state index is 0.826. The van der Waals surface area contributed by atoms with E-state index in [0.29, 0.717) is 0 Å². The van der Waals surface area contributed by atoms with Gasteiger partial charge in [-0.1, -0.05) is 61.0 Å². The number of hydrogen-bond donors (Lipinski definition) is 0. The quantitative estimate of drug-likeness (QED) is 0.563. The Morgan fingerprint density at radius 2 is 1.71 bits per heavy atom. The van der Waals surface area contributed by atoms with Gasteiger partial charge < -0.3 is 0 Å². The van der Waals surface area contributed by atoms with E-state index >= 15 is 0 Å². The molecule has 0 saturated heterocycles. The van der Waals surface area contributed by atoms with Crippen LogP contribution in [0.5, 0.6) is 0 Å². The van der Waals surface area contributed by atoms with Gasteiger partial charge >= 0.3 is 37.9 Å². The average molecular weight is 396 g/mol. The zero-order valence-electron chi connectivity index (χ0n) is 12.3. The van der Waals surface area contributed by atoms with Gasteiger partial charge in [0.1, 0.15) is 0 Å². The van der Waals surface area contributed by atoms with E-state index in [9.17, 15) is 0 Å². The molecule has 0 atom stereocenters. The van der Waals surface area contributed by atoms with Gasteiger partial charge in [0.25, 0.3) is 0 Å². The predicted octanol–water partition coefficient (Wildman–Crippen LogP) is 6.25. The Kier molecular flexibility index (Phi) is 6.74. The third-order valence-corrected chi connectivity index (χ3v) is 3.73. The van der Waals surface area contributed by atoms with Crippen molar-refractivity contribution in [2.45, 2.75) is 26.7 Å². The first-order valence-corrected chi connectivity index (χ1v) is 13.4. The molecule has 0 heterocycles. The minimum atomic E-state index is -0.826. The van der Waals surface area contributed by atoms with Crippen LogP contribution < -0.4 is 0 Å². The third-order valence-electron chi connectivity index (χ3n) is 3.73. The first-order chi connectivity index (χ1) is 10.2. The molecule has 1 aliphatic rings. The summed E-state index contributed by atoms with van der Waals surface area (Å²) in [4.78, 5) is 0. The van der Waals surface area contributed by atoms with Gasteiger partial charge in [-0.15, -0.1) is 0 Å². The SMILES string of the molecule is CCc1ccc(-c2cccc3c2C=C(C)C3)cc1.[Cl][Zr][Cl]. The molecule has 2 aromatic rings. The molecule has 3 heteroatoms. The molecule has 0 aromatic heterocycles. The normalized spacial score (nSPS) is 12.1. The van der Waals surface area contributed by atoms with Crippen molar-refractivity contribution in [2.24, 2.45) is 0 Å². The van der Waals surface area contributed by atoms with Crippen molar-refractivity contribution in [1.29, 1.82) is 0 Å². The maximum absolute atomic E-state index is 4.93. The maximum atomic E-state index is 4.93. The van der Waals surface area contributed by atoms with E-state index in [1.54, 1.807) is 0 Å². The first-order valence-electron chi connectivity index (χ1n) is 7.04. The summed E-state index contributed by atoms with van der Waals surface area (Å²) in [6, 6.07) is 15.6. The van der Waals surface area contributed by atoms with E-state index in [1.165, 1.54) is 33.4 Å². The van der Waals surface area contributed by atoms with Gasteiger partial charge in [-0.2, -0.15) is 0 Å². The topological polar surface area (TPSA) is 0 Å². The Morgan fingerprint density at radius 1 is 1.05 bits per heavy atom. The fourth-order valence-electron chi connectivity index (χ4n) is 2.71. The van der Waals surface area contributed by atoms with E-state index < -0.39 is 20.8 Å². The summed E-state index contributed by atoms with van der Waals surface area (Å²) in [5.74, 6) is 0. The van der Waals surface area contributed by atoms with Crippen molar-refractivity contribution < 1.29 is 20.8 Å². The van der Waals surface area contributed by atoms with Crippen molar-refractivity contribution in [2.75, 3.05) is 0 Å². The van der Waals surface area contributed by atoms with Crippen molar-refractivity contribution in [3.63, 3.8) is 0 Å². The molecule has 0 saturated carbocycles. The third kappa shape index (κ3) is 4.32. The molecule has 0 unspecified atom stereocenters. The van der Waals surface area contributed by atoms with Crippen molar-refractivity contribution in [1.82, 2.24) is 0 Å². The summed E-state index contributed by atoms with van der Waals surface area (Å²) in [7, 11) is 9.87. The second-order valence-electron chi connectivity index (χ2n) is 5.17. The van der Waals surface area contributed by atoms with E-state index in [0.717, 1.165) is 12.8 Å². The summed E-state index contributed by atoms with van der Waals surface area (Å²) in [5, 5.41) is 0. The van der Waals surface area contributed by atoms with Crippen molar-refractivity contribution in [3.05, 3.63) is 64.7 Å². The van der Waals surface area contributed by atoms with Gasteiger partial charge in [-0.25, -0.2) is 0 Å². The Balaban J connectivity index is 0.000000497. The molecule has 0 N–H and O–H groups in total. The molecule has 0 bridgehead atoms. The predicted molar refractivity (Wildman–Crippen MR) is 90.3 cm³/mol. The molecule has 0 nitrogen and oxygen atoms in total. The van der Waals surface area contributed by atoms with Gasteiger partial charge in [0.05, 0.1) is 0 Å². The molecule has 0 radical (unpaired) electrons. The molecule has 1 aliphatic carbocycles. The zero-order chi connectivity index (χ0) is 15.2. The van der Waals surface area contributed by atoms with E-state index in [-0.39, 0.29) is 0 Å². The number of fused-ring (bicyclic) bond motifs is 1. The number of hydrogen-bond acceptors (Lipinski definition) is 0. The average Bonchev–Trinajstić information content (AvgIpc) is 2.88. The van der Waals surface area contributed by atoms with Crippen LogP contribution in [0, 0.1) is 0 Å². The Bertz CT molecular complexity index is 630. The van der Waals surface area contributed by atoms with Gasteiger partial charge in [0.15, 0.2) is 0 Å². The van der Waals surface area contributed by atoms with E-state index in [4.69, 9.17) is 17.0 Å². The second-order valence-corrected chi connectivity index (χ2v) is 8.90. The zero-order valence-corrected chi connectivity index (χ0v) is 16.3. The van der Waals surface area contributed by atoms with E-state index in [1.807, 2.05) is 0 Å². The molecule has 108 valence electrons. The summed E-state index contributed by atoms with van der Waals surface area (Å²) in [5.41, 5.74) is 8.44. The number of allylic oxidation sites excluding steroid dienone is 1. The van der Waals surface area contributed by atoms with Gasteiger partial charge in [-0.05, 0) is 47.6 Å². The Hall–Kier alpha value is -0.357. The number of halogens is 2. The summed E-state index contributed by atoms with van der Waals surface area (Å²) < 4.78 is 0. The summed E-state index contributed by atoms with van der Waals surface area (Å²) >= 11 is -0.826. The van der Waals surface area contributed by atoms with Crippen LogP contribution in [0.2, 0.25) is 0 Å². The van der Waals surface area contributed by atoms with Crippen LogP contribution in [0.3, 0.4) is 0 Å². The van der Waals surface area contributed by atoms with Crippen LogP contribution >= 0.6 is 17.0 Å². The van der Waals surface area contributed by atoms with Gasteiger partial charge in [0.2, 0.25) is 0 Å². The standard InChI is InChI=1S/C18H18.2ClH.Zr/c1-3-14-7-9-15(10-8-14)17-6-4-5-16-11-13(2)12-18(16)17;;;/h4-10,12H,3,11H2,1-2H3;2*1H;/q;;;+2/p-2. The van der Waals surface area contributed by atoms with Crippen LogP contribution in [0.1, 0.15) is 30.5 Å². The van der Waals surface area contributed by atoms with E-state index in [2.05, 4.69) is 62.4 Å². The Labute approximate surface area is 145 Å². The molecule has 3 rings (SSSR count). The first kappa shape index (κ1) is 17.0. The van der Waals surface area contributed by atoms with Crippen molar-refractivity contribution in [3.8, 4) is 11.1 Å². The summed E-state index contributed by atoms with van der Waals surface area (Å²) in [6.07, 6.45) is 4.54. The fraction of sp³-hybridized carbons (Fsp3) is 0.222. The molecule has 0 fully saturated rings. The molecule has 0 aliphatic heterocycles. The summed E-state index contributed by atoms with van der Waals surface area (Å²) in [6.45, 7) is 4.41. The van der Waals surface area contributed by atoms with Crippen LogP contribution in [0.15, 0.2) is 48.0 Å². The Morgan fingerprint density at radius 3 is 2.33 bits per heavy atom. The number of rotatable bonds is 2. The molecular weight excluding hydrogens is 378 g/mol. The molecule has 0 spiro atoms. The van der Waals surface area contributed by atoms with Crippen LogP contribution in [0.25, 0.3) is 17.2 Å². The molecule has 21 heavy (non-hydrogen) atoms. The molecular formula is C18H18Cl2Zr. The van der Waals surface area contributed by atoms with Gasteiger partial charge in [0, 0.05) is 0 Å². The second kappa shape index (κ2) is 8.32. The van der Waals surface area contributed by atoms with Crippen molar-refractivity contribution >= 4 is 23.1 Å². The van der Waals surface area contributed by atoms with Gasteiger partial charge in [-0.3, -0.25) is 0 Å². The van der Waals surface area contributed by atoms with Crippen LogP contribution in [-0.4, -0.2) is 0 Å². The van der Waals surface area contributed by atoms with Crippen LogP contribution in [-0.2, 0) is 33.7 Å². The monoisotopic (exact) mass is 394 g/mol. The van der Waals surface area contributed by atoms with Crippen LogP contribution in [0.4, 0.5) is 0 Å².